The summed E-state index contributed by atoms with van der Waals surface area (Å²) >= 11 is 6.48. The first kappa shape index (κ1) is 24.7. The maximum Gasteiger partial charge on any atom is 0.404 e. The van der Waals surface area contributed by atoms with Crippen LogP contribution in [0, 0.1) is 0 Å². The van der Waals surface area contributed by atoms with E-state index in [1.165, 1.54) is 0 Å². The van der Waals surface area contributed by atoms with Crippen LogP contribution in [0.25, 0.3) is 11.0 Å². The highest BCUT2D eigenvalue weighted by Crippen LogP contribution is 2.27. The molecule has 9 nitrogen and oxygen atoms in total. The third-order valence-electron chi connectivity index (χ3n) is 6.66. The Hall–Kier alpha value is -3.98. The normalized spacial score (nSPS) is 15.6. The fraction of sp³-hybridized carbons (Fsp3) is 0.296. The van der Waals surface area contributed by atoms with E-state index >= 15 is 0 Å². The summed E-state index contributed by atoms with van der Waals surface area (Å²) in [4.78, 5) is 31.9. The van der Waals surface area contributed by atoms with Crippen molar-refractivity contribution in [1.82, 2.24) is 19.4 Å². The predicted octanol–water partition coefficient (Wildman–Crippen LogP) is 4.25. The van der Waals surface area contributed by atoms with E-state index in [1.54, 1.807) is 11.6 Å². The number of carbonyl (C=O) groups is 1. The number of amides is 1. The summed E-state index contributed by atoms with van der Waals surface area (Å²) < 4.78 is 9.39. The predicted molar refractivity (Wildman–Crippen MR) is 143 cm³/mol. The molecule has 0 bridgehead atoms. The van der Waals surface area contributed by atoms with E-state index < -0.39 is 6.09 Å². The molecule has 1 aliphatic heterocycles. The lowest BCUT2D eigenvalue weighted by molar-refractivity contribution is 0.188. The molecule has 5 rings (SSSR count). The van der Waals surface area contributed by atoms with Crippen molar-refractivity contribution in [3.05, 3.63) is 87.3 Å². The molecule has 0 unspecified atom stereocenters. The van der Waals surface area contributed by atoms with Crippen molar-refractivity contribution in [3.8, 4) is 5.75 Å². The largest absolute Gasteiger partial charge is 0.487 e. The van der Waals surface area contributed by atoms with Crippen LogP contribution in [-0.2, 0) is 20.2 Å². The number of pyridine rings is 1. The number of rotatable bonds is 7. The number of halogens is 1. The van der Waals surface area contributed by atoms with Crippen LogP contribution in [-0.4, -0.2) is 44.4 Å². The van der Waals surface area contributed by atoms with E-state index in [1.807, 2.05) is 70.1 Å². The minimum absolute atomic E-state index is 0.188. The van der Waals surface area contributed by atoms with Gasteiger partial charge in [0.2, 0.25) is 5.95 Å². The molecule has 1 saturated heterocycles. The quantitative estimate of drug-likeness (QED) is 0.377. The SMILES string of the molecule is Cn1c(COc2ccccc2)cc2nc(N3CCC[C@@H](NC(=O)O)C3)n(Cc3ccccc3Cl)c2c1=O. The smallest absolute Gasteiger partial charge is 0.404 e. The number of benzene rings is 2. The fourth-order valence-electron chi connectivity index (χ4n) is 4.78. The van der Waals surface area contributed by atoms with E-state index in [-0.39, 0.29) is 18.2 Å². The molecular weight excluding hydrogens is 494 g/mol. The zero-order valence-corrected chi connectivity index (χ0v) is 21.2. The number of nitrogens with one attached hydrogen (secondary N) is 1. The number of hydrogen-bond donors (Lipinski definition) is 2. The van der Waals surface area contributed by atoms with E-state index in [4.69, 9.17) is 21.3 Å². The molecule has 4 aromatic rings. The Balaban J connectivity index is 1.57. The number of carboxylic acid groups (broad SMARTS) is 1. The van der Waals surface area contributed by atoms with E-state index in [0.29, 0.717) is 53.1 Å². The number of para-hydroxylation sites is 1. The van der Waals surface area contributed by atoms with Gasteiger partial charge in [0, 0.05) is 31.2 Å². The first-order valence-electron chi connectivity index (χ1n) is 12.2. The Kier molecular flexibility index (Phi) is 7.05. The molecule has 1 amide bonds. The van der Waals surface area contributed by atoms with Crippen molar-refractivity contribution in [1.29, 1.82) is 0 Å². The summed E-state index contributed by atoms with van der Waals surface area (Å²) in [5.74, 6) is 1.33. The highest BCUT2D eigenvalue weighted by molar-refractivity contribution is 6.31. The monoisotopic (exact) mass is 521 g/mol. The average Bonchev–Trinajstić information content (AvgIpc) is 3.25. The fourth-order valence-corrected chi connectivity index (χ4v) is 4.98. The number of fused-ring (bicyclic) bond motifs is 1. The molecule has 1 aliphatic rings. The summed E-state index contributed by atoms with van der Waals surface area (Å²) in [6.07, 6.45) is 0.499. The second kappa shape index (κ2) is 10.6. The van der Waals surface area contributed by atoms with Gasteiger partial charge in [-0.2, -0.15) is 0 Å². The highest BCUT2D eigenvalue weighted by atomic mass is 35.5. The Bertz CT molecular complexity index is 1480. The van der Waals surface area contributed by atoms with Gasteiger partial charge in [-0.05, 0) is 42.7 Å². The van der Waals surface area contributed by atoms with Gasteiger partial charge in [0.15, 0.2) is 0 Å². The molecule has 37 heavy (non-hydrogen) atoms. The van der Waals surface area contributed by atoms with Crippen LogP contribution >= 0.6 is 11.6 Å². The van der Waals surface area contributed by atoms with E-state index in [9.17, 15) is 14.7 Å². The van der Waals surface area contributed by atoms with Gasteiger partial charge in [0.05, 0.1) is 17.8 Å². The van der Waals surface area contributed by atoms with E-state index in [2.05, 4.69) is 5.32 Å². The number of nitrogens with zero attached hydrogens (tertiary/aromatic N) is 4. The third kappa shape index (κ3) is 5.27. The second-order valence-electron chi connectivity index (χ2n) is 9.16. The van der Waals surface area contributed by atoms with Gasteiger partial charge in [-0.3, -0.25) is 4.79 Å². The van der Waals surface area contributed by atoms with Crippen molar-refractivity contribution in [3.63, 3.8) is 0 Å². The molecule has 10 heteroatoms. The molecule has 0 spiro atoms. The van der Waals surface area contributed by atoms with Crippen molar-refractivity contribution in [2.75, 3.05) is 18.0 Å². The zero-order chi connectivity index (χ0) is 25.9. The minimum Gasteiger partial charge on any atom is -0.487 e. The van der Waals surface area contributed by atoms with Crippen molar-refractivity contribution < 1.29 is 14.6 Å². The lowest BCUT2D eigenvalue weighted by atomic mass is 10.1. The van der Waals surface area contributed by atoms with Crippen LogP contribution in [0.3, 0.4) is 0 Å². The third-order valence-corrected chi connectivity index (χ3v) is 7.03. The lowest BCUT2D eigenvalue weighted by Gasteiger charge is -2.33. The summed E-state index contributed by atoms with van der Waals surface area (Å²) in [5, 5.41) is 12.4. The first-order chi connectivity index (χ1) is 17.9. The topological polar surface area (TPSA) is 102 Å². The van der Waals surface area contributed by atoms with Gasteiger partial charge in [0.25, 0.3) is 5.56 Å². The van der Waals surface area contributed by atoms with Gasteiger partial charge in [-0.1, -0.05) is 48.0 Å². The van der Waals surface area contributed by atoms with Crippen molar-refractivity contribution in [2.45, 2.75) is 32.0 Å². The summed E-state index contributed by atoms with van der Waals surface area (Å²) in [6.45, 7) is 1.73. The van der Waals surface area contributed by atoms with Crippen LogP contribution in [0.4, 0.5) is 10.7 Å². The van der Waals surface area contributed by atoms with Crippen molar-refractivity contribution >= 4 is 34.7 Å². The molecule has 2 N–H and O–H groups in total. The molecule has 1 atom stereocenters. The minimum atomic E-state index is -1.05. The average molecular weight is 522 g/mol. The molecule has 0 saturated carbocycles. The lowest BCUT2D eigenvalue weighted by Crippen LogP contribution is -2.48. The van der Waals surface area contributed by atoms with Crippen LogP contribution in [0.1, 0.15) is 24.1 Å². The molecule has 2 aromatic carbocycles. The number of aromatic nitrogens is 3. The first-order valence-corrected chi connectivity index (χ1v) is 12.5. The molecule has 2 aromatic heterocycles. The number of anilines is 1. The second-order valence-corrected chi connectivity index (χ2v) is 9.57. The van der Waals surface area contributed by atoms with Crippen LogP contribution in [0.15, 0.2) is 65.5 Å². The van der Waals surface area contributed by atoms with Gasteiger partial charge >= 0.3 is 6.09 Å². The van der Waals surface area contributed by atoms with Crippen molar-refractivity contribution in [2.24, 2.45) is 7.05 Å². The number of imidazole rings is 1. The van der Waals surface area contributed by atoms with Gasteiger partial charge in [-0.15, -0.1) is 0 Å². The van der Waals surface area contributed by atoms with Crippen LogP contribution < -0.4 is 20.5 Å². The summed E-state index contributed by atoms with van der Waals surface area (Å²) in [5.41, 5.74) is 2.39. The summed E-state index contributed by atoms with van der Waals surface area (Å²) in [7, 11) is 1.73. The van der Waals surface area contributed by atoms with Gasteiger partial charge in [-0.25, -0.2) is 9.78 Å². The van der Waals surface area contributed by atoms with Gasteiger partial charge < -0.3 is 29.2 Å². The van der Waals surface area contributed by atoms with Crippen LogP contribution in [0.5, 0.6) is 5.75 Å². The number of hydrogen-bond acceptors (Lipinski definition) is 5. The highest BCUT2D eigenvalue weighted by Gasteiger charge is 2.27. The van der Waals surface area contributed by atoms with Crippen LogP contribution in [0.2, 0.25) is 5.02 Å². The number of piperidine rings is 1. The maximum absolute atomic E-state index is 13.7. The van der Waals surface area contributed by atoms with E-state index in [0.717, 1.165) is 18.4 Å². The Morgan fingerprint density at radius 1 is 1.19 bits per heavy atom. The maximum atomic E-state index is 13.7. The Morgan fingerprint density at radius 2 is 1.95 bits per heavy atom. The Morgan fingerprint density at radius 3 is 2.70 bits per heavy atom. The molecule has 3 heterocycles. The molecule has 1 fully saturated rings. The summed E-state index contributed by atoms with van der Waals surface area (Å²) in [6, 6.07) is 18.6. The van der Waals surface area contributed by atoms with Gasteiger partial charge in [0.1, 0.15) is 17.9 Å². The molecule has 0 radical (unpaired) electrons. The molecule has 0 aliphatic carbocycles. The number of ether oxygens (including phenoxy) is 1. The zero-order valence-electron chi connectivity index (χ0n) is 20.4. The standard InChI is InChI=1S/C27H28ClN5O4/c1-31-20(17-37-21-10-3-2-4-11-21)14-23-24(25(31)34)33(15-18-8-5-6-12-22(18)28)26(30-23)32-13-7-9-19(16-32)29-27(35)36/h2-6,8,10-12,14,19,29H,7,9,13,15-17H2,1H3,(H,35,36)/t19-/m1/s1. The Labute approximate surface area is 218 Å². The molecule has 192 valence electrons. The molecular formula is C27H28ClN5O4.